The number of benzene rings is 2. The normalized spacial score (nSPS) is 14.8. The van der Waals surface area contributed by atoms with Crippen LogP contribution in [-0.2, 0) is 16.0 Å². The van der Waals surface area contributed by atoms with Crippen LogP contribution in [0.3, 0.4) is 0 Å². The van der Waals surface area contributed by atoms with Crippen LogP contribution < -0.4 is 14.8 Å². The van der Waals surface area contributed by atoms with Gasteiger partial charge in [0.2, 0.25) is 6.79 Å². The number of carbonyl (C=O) groups is 2. The zero-order chi connectivity index (χ0) is 24.6. The van der Waals surface area contributed by atoms with Crippen LogP contribution in [0, 0.1) is 6.92 Å². The topological polar surface area (TPSA) is 113 Å². The lowest BCUT2D eigenvalue weighted by molar-refractivity contribution is -0.119. The summed E-state index contributed by atoms with van der Waals surface area (Å²) in [4.78, 5) is 30.4. The molecule has 9 nitrogen and oxygen atoms in total. The van der Waals surface area contributed by atoms with Crippen molar-refractivity contribution < 1.29 is 28.3 Å². The molecule has 0 fully saturated rings. The third-order valence-electron chi connectivity index (χ3n) is 6.11. The third-order valence-corrected chi connectivity index (χ3v) is 6.11. The highest BCUT2D eigenvalue weighted by atomic mass is 16.7. The number of aryl methyl sites for hydroxylation is 1. The molecule has 0 atom stereocenters. The van der Waals surface area contributed by atoms with Gasteiger partial charge in [0.1, 0.15) is 5.76 Å². The average Bonchev–Trinajstić information content (AvgIpc) is 3.61. The van der Waals surface area contributed by atoms with Gasteiger partial charge in [-0.1, -0.05) is 29.4 Å². The number of pyridine rings is 1. The summed E-state index contributed by atoms with van der Waals surface area (Å²) < 4.78 is 21.3. The molecule has 0 spiro atoms. The maximum atomic E-state index is 13.3. The maximum absolute atomic E-state index is 13.3. The van der Waals surface area contributed by atoms with Gasteiger partial charge in [0.05, 0.1) is 16.8 Å². The van der Waals surface area contributed by atoms with E-state index in [2.05, 4.69) is 16.5 Å². The van der Waals surface area contributed by atoms with Crippen molar-refractivity contribution in [1.29, 1.82) is 0 Å². The number of aromatic nitrogens is 2. The van der Waals surface area contributed by atoms with Crippen molar-refractivity contribution in [3.63, 3.8) is 0 Å². The van der Waals surface area contributed by atoms with Crippen LogP contribution >= 0.6 is 0 Å². The maximum Gasteiger partial charge on any atom is 0.339 e. The van der Waals surface area contributed by atoms with E-state index >= 15 is 0 Å². The van der Waals surface area contributed by atoms with Crippen LogP contribution in [0.5, 0.6) is 11.5 Å². The van der Waals surface area contributed by atoms with E-state index in [9.17, 15) is 9.59 Å². The van der Waals surface area contributed by atoms with Gasteiger partial charge in [0.25, 0.3) is 5.91 Å². The quantitative estimate of drug-likeness (QED) is 0.412. The average molecular weight is 483 g/mol. The predicted molar refractivity (Wildman–Crippen MR) is 131 cm³/mol. The van der Waals surface area contributed by atoms with Crippen LogP contribution in [0.25, 0.3) is 22.6 Å². The van der Waals surface area contributed by atoms with Gasteiger partial charge in [-0.05, 0) is 60.7 Å². The fourth-order valence-corrected chi connectivity index (χ4v) is 4.52. The monoisotopic (exact) mass is 483 g/mol. The van der Waals surface area contributed by atoms with Gasteiger partial charge in [-0.15, -0.1) is 0 Å². The molecule has 4 aromatic rings. The second kappa shape index (κ2) is 8.84. The molecule has 2 aromatic heterocycles. The number of amides is 1. The van der Waals surface area contributed by atoms with Crippen molar-refractivity contribution in [3.8, 4) is 11.5 Å². The standard InChI is InChI=1S/C27H21N3O6/c1-15-10-23(30-36-15)29-24(31)13-33-27(32)25-18-4-2-3-5-20(18)28-26-17(7-8-19(25)26)11-16-6-9-21-22(12-16)35-14-34-21/h2-6,9-12H,7-8,13-14H2,1H3,(H,29,30,31)/b17-11-. The largest absolute Gasteiger partial charge is 0.454 e. The Balaban J connectivity index is 1.30. The van der Waals surface area contributed by atoms with Crippen LogP contribution in [0.2, 0.25) is 0 Å². The summed E-state index contributed by atoms with van der Waals surface area (Å²) in [6.45, 7) is 1.48. The minimum Gasteiger partial charge on any atom is -0.454 e. The van der Waals surface area contributed by atoms with E-state index < -0.39 is 18.5 Å². The first-order valence-corrected chi connectivity index (χ1v) is 11.5. The zero-order valence-corrected chi connectivity index (χ0v) is 19.4. The number of ether oxygens (including phenoxy) is 3. The number of para-hydroxylation sites is 1. The number of allylic oxidation sites excluding steroid dienone is 1. The molecule has 0 saturated carbocycles. The Morgan fingerprint density at radius 1 is 1.08 bits per heavy atom. The summed E-state index contributed by atoms with van der Waals surface area (Å²) in [5, 5.41) is 6.96. The molecule has 0 saturated heterocycles. The molecule has 1 aliphatic heterocycles. The number of hydrogen-bond donors (Lipinski definition) is 1. The number of rotatable bonds is 5. The Labute approximate surface area is 205 Å². The molecule has 2 aromatic carbocycles. The molecule has 6 rings (SSSR count). The third kappa shape index (κ3) is 4.04. The summed E-state index contributed by atoms with van der Waals surface area (Å²) in [5.74, 6) is 1.18. The highest BCUT2D eigenvalue weighted by Crippen LogP contribution is 2.39. The molecule has 0 radical (unpaired) electrons. The van der Waals surface area contributed by atoms with Crippen LogP contribution in [0.1, 0.15) is 39.4 Å². The number of hydrogen-bond acceptors (Lipinski definition) is 8. The number of fused-ring (bicyclic) bond motifs is 3. The first-order valence-electron chi connectivity index (χ1n) is 11.5. The van der Waals surface area contributed by atoms with Gasteiger partial charge in [-0.25, -0.2) is 9.78 Å². The van der Waals surface area contributed by atoms with E-state index in [1.807, 2.05) is 42.5 Å². The number of esters is 1. The first kappa shape index (κ1) is 21.8. The summed E-state index contributed by atoms with van der Waals surface area (Å²) in [5.41, 5.74) is 4.68. The minimum absolute atomic E-state index is 0.216. The Morgan fingerprint density at radius 3 is 2.81 bits per heavy atom. The van der Waals surface area contributed by atoms with E-state index in [1.165, 1.54) is 0 Å². The number of nitrogens with zero attached hydrogens (tertiary/aromatic N) is 2. The van der Waals surface area contributed by atoms with Crippen LogP contribution in [0.4, 0.5) is 5.82 Å². The van der Waals surface area contributed by atoms with Crippen molar-refractivity contribution in [1.82, 2.24) is 10.1 Å². The molecular weight excluding hydrogens is 462 g/mol. The Morgan fingerprint density at radius 2 is 1.94 bits per heavy atom. The lowest BCUT2D eigenvalue weighted by Gasteiger charge is -2.12. The highest BCUT2D eigenvalue weighted by molar-refractivity contribution is 6.08. The molecule has 1 amide bonds. The number of nitrogens with one attached hydrogen (secondary N) is 1. The SMILES string of the molecule is Cc1cc(NC(=O)COC(=O)c2c3c(nc4ccccc24)/C(=C\c2ccc4c(c2)OCO4)CC3)no1. The zero-order valence-electron chi connectivity index (χ0n) is 19.4. The second-order valence-electron chi connectivity index (χ2n) is 8.56. The van der Waals surface area contributed by atoms with Gasteiger partial charge in [0.15, 0.2) is 23.9 Å². The van der Waals surface area contributed by atoms with Crippen molar-refractivity contribution in [2.24, 2.45) is 0 Å². The predicted octanol–water partition coefficient (Wildman–Crippen LogP) is 4.54. The summed E-state index contributed by atoms with van der Waals surface area (Å²) in [7, 11) is 0. The summed E-state index contributed by atoms with van der Waals surface area (Å²) in [6, 6.07) is 14.8. The number of anilines is 1. The van der Waals surface area contributed by atoms with E-state index in [-0.39, 0.29) is 12.6 Å². The lowest BCUT2D eigenvalue weighted by Crippen LogP contribution is -2.22. The molecule has 1 aliphatic carbocycles. The summed E-state index contributed by atoms with van der Waals surface area (Å²) >= 11 is 0. The molecule has 9 heteroatoms. The Bertz CT molecular complexity index is 1550. The van der Waals surface area contributed by atoms with Gasteiger partial charge < -0.3 is 24.1 Å². The van der Waals surface area contributed by atoms with E-state index in [4.69, 9.17) is 23.7 Å². The fraction of sp³-hybridized carbons (Fsp3) is 0.185. The smallest absolute Gasteiger partial charge is 0.339 e. The van der Waals surface area contributed by atoms with E-state index in [1.54, 1.807) is 13.0 Å². The molecule has 0 bridgehead atoms. The molecule has 1 N–H and O–H groups in total. The molecule has 3 heterocycles. The molecule has 2 aliphatic rings. The van der Waals surface area contributed by atoms with E-state index in [0.29, 0.717) is 34.4 Å². The van der Waals surface area contributed by atoms with Crippen LogP contribution in [0.15, 0.2) is 53.1 Å². The minimum atomic E-state index is -0.569. The van der Waals surface area contributed by atoms with Crippen molar-refractivity contribution in [2.75, 3.05) is 18.7 Å². The first-order chi connectivity index (χ1) is 17.5. The molecule has 0 unspecified atom stereocenters. The van der Waals surface area contributed by atoms with Crippen molar-refractivity contribution in [3.05, 3.63) is 76.7 Å². The van der Waals surface area contributed by atoms with Gasteiger partial charge in [-0.3, -0.25) is 4.79 Å². The molecule has 36 heavy (non-hydrogen) atoms. The van der Waals surface area contributed by atoms with Gasteiger partial charge >= 0.3 is 5.97 Å². The van der Waals surface area contributed by atoms with Gasteiger partial charge in [0, 0.05) is 11.5 Å². The Hall–Kier alpha value is -4.66. The van der Waals surface area contributed by atoms with Crippen LogP contribution in [-0.4, -0.2) is 35.4 Å². The fourth-order valence-electron chi connectivity index (χ4n) is 4.52. The highest BCUT2D eigenvalue weighted by Gasteiger charge is 2.28. The van der Waals surface area contributed by atoms with E-state index in [0.717, 1.165) is 34.6 Å². The summed E-state index contributed by atoms with van der Waals surface area (Å²) in [6.07, 6.45) is 3.41. The lowest BCUT2D eigenvalue weighted by atomic mass is 10.0. The number of carbonyl (C=O) groups excluding carboxylic acids is 2. The molecule has 180 valence electrons. The Kier molecular flexibility index (Phi) is 5.37. The van der Waals surface area contributed by atoms with Crippen molar-refractivity contribution in [2.45, 2.75) is 19.8 Å². The second-order valence-corrected chi connectivity index (χ2v) is 8.56. The van der Waals surface area contributed by atoms with Crippen molar-refractivity contribution >= 4 is 40.2 Å². The van der Waals surface area contributed by atoms with Gasteiger partial charge in [-0.2, -0.15) is 0 Å². The molecular formula is C27H21N3O6.